The molecule has 0 aliphatic carbocycles. The van der Waals surface area contributed by atoms with Gasteiger partial charge < -0.3 is 16.0 Å². The summed E-state index contributed by atoms with van der Waals surface area (Å²) in [6.07, 6.45) is 3.75. The first kappa shape index (κ1) is 18.6. The van der Waals surface area contributed by atoms with Crippen molar-refractivity contribution in [3.05, 3.63) is 71.8 Å². The van der Waals surface area contributed by atoms with Gasteiger partial charge >= 0.3 is 0 Å². The van der Waals surface area contributed by atoms with Crippen LogP contribution in [0.15, 0.2) is 60.7 Å². The van der Waals surface area contributed by atoms with Gasteiger partial charge in [0.05, 0.1) is 6.04 Å². The number of amides is 1. The molecule has 1 saturated heterocycles. The lowest BCUT2D eigenvalue weighted by Gasteiger charge is -2.28. The second-order valence-electron chi connectivity index (χ2n) is 7.11. The van der Waals surface area contributed by atoms with E-state index < -0.39 is 6.04 Å². The molecule has 3 rings (SSSR count). The van der Waals surface area contributed by atoms with Crippen LogP contribution in [-0.2, 0) is 17.6 Å². The molecule has 0 spiro atoms. The van der Waals surface area contributed by atoms with Gasteiger partial charge in [0.15, 0.2) is 0 Å². The standard InChI is InChI=1S/C22H29N3O/c23-21(16-19-10-5-2-6-11-19)22(26)25(17-20-12-7-14-24-20)15-13-18-8-3-1-4-9-18/h1-6,8-11,20-21,24H,7,12-17,23H2/t20-,21+/m0/s1. The van der Waals surface area contributed by atoms with Crippen molar-refractivity contribution in [1.29, 1.82) is 0 Å². The fourth-order valence-electron chi connectivity index (χ4n) is 3.57. The van der Waals surface area contributed by atoms with Crippen molar-refractivity contribution in [2.24, 2.45) is 5.73 Å². The smallest absolute Gasteiger partial charge is 0.239 e. The molecule has 0 saturated carbocycles. The lowest BCUT2D eigenvalue weighted by Crippen LogP contribution is -2.49. The zero-order valence-corrected chi connectivity index (χ0v) is 15.3. The van der Waals surface area contributed by atoms with Gasteiger partial charge in [-0.3, -0.25) is 4.79 Å². The van der Waals surface area contributed by atoms with Gasteiger partial charge in [-0.15, -0.1) is 0 Å². The van der Waals surface area contributed by atoms with Gasteiger partial charge in [0.1, 0.15) is 0 Å². The Morgan fingerprint density at radius 1 is 1.08 bits per heavy atom. The van der Waals surface area contributed by atoms with Gasteiger partial charge in [-0.05, 0) is 43.4 Å². The maximum atomic E-state index is 13.0. The van der Waals surface area contributed by atoms with Crippen molar-refractivity contribution in [1.82, 2.24) is 10.2 Å². The minimum Gasteiger partial charge on any atom is -0.339 e. The van der Waals surface area contributed by atoms with Gasteiger partial charge in [0.25, 0.3) is 0 Å². The summed E-state index contributed by atoms with van der Waals surface area (Å²) >= 11 is 0. The molecule has 1 aliphatic rings. The number of carbonyl (C=O) groups excluding carboxylic acids is 1. The van der Waals surface area contributed by atoms with Crippen molar-refractivity contribution in [3.63, 3.8) is 0 Å². The van der Waals surface area contributed by atoms with Gasteiger partial charge in [-0.1, -0.05) is 60.7 Å². The van der Waals surface area contributed by atoms with E-state index in [4.69, 9.17) is 5.73 Å². The molecule has 1 aliphatic heterocycles. The lowest BCUT2D eigenvalue weighted by molar-refractivity contribution is -0.132. The molecule has 0 radical (unpaired) electrons. The topological polar surface area (TPSA) is 58.4 Å². The third kappa shape index (κ3) is 5.41. The van der Waals surface area contributed by atoms with Crippen LogP contribution in [-0.4, -0.2) is 42.5 Å². The predicted octanol–water partition coefficient (Wildman–Crippen LogP) is 2.38. The summed E-state index contributed by atoms with van der Waals surface area (Å²) in [5.74, 6) is 0.0542. The first-order valence-corrected chi connectivity index (χ1v) is 9.58. The van der Waals surface area contributed by atoms with E-state index in [2.05, 4.69) is 17.4 Å². The van der Waals surface area contributed by atoms with Crippen molar-refractivity contribution in [3.8, 4) is 0 Å². The molecule has 2 aromatic carbocycles. The van der Waals surface area contributed by atoms with E-state index in [0.29, 0.717) is 19.0 Å². The fraction of sp³-hybridized carbons (Fsp3) is 0.409. The van der Waals surface area contributed by atoms with Crippen LogP contribution in [0.4, 0.5) is 0 Å². The Morgan fingerprint density at radius 2 is 1.73 bits per heavy atom. The Labute approximate surface area is 156 Å². The molecule has 0 unspecified atom stereocenters. The number of benzene rings is 2. The number of nitrogens with two attached hydrogens (primary N) is 1. The monoisotopic (exact) mass is 351 g/mol. The Morgan fingerprint density at radius 3 is 2.35 bits per heavy atom. The Balaban J connectivity index is 1.63. The van der Waals surface area contributed by atoms with E-state index >= 15 is 0 Å². The molecular formula is C22H29N3O. The quantitative estimate of drug-likeness (QED) is 0.768. The molecule has 2 atom stereocenters. The second kappa shape index (κ2) is 9.51. The van der Waals surface area contributed by atoms with Crippen LogP contribution in [0.5, 0.6) is 0 Å². The molecule has 4 heteroatoms. The summed E-state index contributed by atoms with van der Waals surface area (Å²) in [7, 11) is 0. The van der Waals surface area contributed by atoms with Gasteiger partial charge in [0.2, 0.25) is 5.91 Å². The van der Waals surface area contributed by atoms with Crippen LogP contribution in [0.25, 0.3) is 0 Å². The maximum Gasteiger partial charge on any atom is 0.239 e. The van der Waals surface area contributed by atoms with Crippen LogP contribution in [0.2, 0.25) is 0 Å². The zero-order valence-electron chi connectivity index (χ0n) is 15.3. The molecule has 26 heavy (non-hydrogen) atoms. The molecule has 3 N–H and O–H groups in total. The average Bonchev–Trinajstić information content (AvgIpc) is 3.19. The van der Waals surface area contributed by atoms with Crippen molar-refractivity contribution in [2.45, 2.75) is 37.8 Å². The third-order valence-corrected chi connectivity index (χ3v) is 5.04. The summed E-state index contributed by atoms with van der Waals surface area (Å²) in [4.78, 5) is 15.0. The Bertz CT molecular complexity index is 668. The number of rotatable bonds is 8. The van der Waals surface area contributed by atoms with E-state index in [1.54, 1.807) is 0 Å². The fourth-order valence-corrected chi connectivity index (χ4v) is 3.57. The molecule has 4 nitrogen and oxygen atoms in total. The summed E-state index contributed by atoms with van der Waals surface area (Å²) < 4.78 is 0. The highest BCUT2D eigenvalue weighted by atomic mass is 16.2. The van der Waals surface area contributed by atoms with E-state index in [1.165, 1.54) is 12.0 Å². The highest BCUT2D eigenvalue weighted by Gasteiger charge is 2.25. The van der Waals surface area contributed by atoms with Gasteiger partial charge in [0, 0.05) is 19.1 Å². The number of hydrogen-bond acceptors (Lipinski definition) is 3. The molecule has 138 valence electrons. The van der Waals surface area contributed by atoms with Crippen LogP contribution in [0.3, 0.4) is 0 Å². The molecule has 0 bridgehead atoms. The van der Waals surface area contributed by atoms with Crippen LogP contribution in [0.1, 0.15) is 24.0 Å². The number of hydrogen-bond donors (Lipinski definition) is 2. The highest BCUT2D eigenvalue weighted by Crippen LogP contribution is 2.11. The van der Waals surface area contributed by atoms with Crippen molar-refractivity contribution in [2.75, 3.05) is 19.6 Å². The van der Waals surface area contributed by atoms with Crippen LogP contribution in [0, 0.1) is 0 Å². The molecule has 1 amide bonds. The third-order valence-electron chi connectivity index (χ3n) is 5.04. The SMILES string of the molecule is N[C@H](Cc1ccccc1)C(=O)N(CCc1ccccc1)C[C@@H]1CCCN1. The summed E-state index contributed by atoms with van der Waals surface area (Å²) in [6.45, 7) is 2.50. The minimum absolute atomic E-state index is 0.0542. The highest BCUT2D eigenvalue weighted by molar-refractivity contribution is 5.82. The molecule has 2 aromatic rings. The maximum absolute atomic E-state index is 13.0. The predicted molar refractivity (Wildman–Crippen MR) is 106 cm³/mol. The minimum atomic E-state index is -0.491. The van der Waals surface area contributed by atoms with Crippen LogP contribution < -0.4 is 11.1 Å². The molecule has 0 aromatic heterocycles. The number of nitrogens with zero attached hydrogens (tertiary/aromatic N) is 1. The van der Waals surface area contributed by atoms with E-state index in [1.807, 2.05) is 53.4 Å². The second-order valence-corrected chi connectivity index (χ2v) is 7.11. The summed E-state index contributed by atoms with van der Waals surface area (Å²) in [6, 6.07) is 20.2. The Kier molecular flexibility index (Phi) is 6.81. The van der Waals surface area contributed by atoms with Gasteiger partial charge in [-0.2, -0.15) is 0 Å². The molecule has 1 fully saturated rings. The largest absolute Gasteiger partial charge is 0.339 e. The van der Waals surface area contributed by atoms with E-state index in [9.17, 15) is 4.79 Å². The lowest BCUT2D eigenvalue weighted by atomic mass is 10.0. The summed E-state index contributed by atoms with van der Waals surface area (Å²) in [5.41, 5.74) is 8.64. The van der Waals surface area contributed by atoms with Crippen LogP contribution >= 0.6 is 0 Å². The van der Waals surface area contributed by atoms with Crippen molar-refractivity contribution >= 4 is 5.91 Å². The normalized spacial score (nSPS) is 17.8. The van der Waals surface area contributed by atoms with E-state index in [-0.39, 0.29) is 5.91 Å². The van der Waals surface area contributed by atoms with Crippen molar-refractivity contribution < 1.29 is 4.79 Å². The number of nitrogens with one attached hydrogen (secondary N) is 1. The first-order chi connectivity index (χ1) is 12.7. The first-order valence-electron chi connectivity index (χ1n) is 9.58. The number of carbonyl (C=O) groups is 1. The molecular weight excluding hydrogens is 322 g/mol. The van der Waals surface area contributed by atoms with Gasteiger partial charge in [-0.25, -0.2) is 0 Å². The van der Waals surface area contributed by atoms with E-state index in [0.717, 1.165) is 31.5 Å². The Hall–Kier alpha value is -2.17. The zero-order chi connectivity index (χ0) is 18.2. The summed E-state index contributed by atoms with van der Waals surface area (Å²) in [5, 5.41) is 3.49. The molecule has 1 heterocycles. The average molecular weight is 351 g/mol.